The molecular formula is C8H6ClF3. The fraction of sp³-hybridized carbons (Fsp3) is 0.250. The molecule has 1 rings (SSSR count). The van der Waals surface area contributed by atoms with Crippen molar-refractivity contribution >= 4 is 11.6 Å². The standard InChI is InChI=1S/C8H6ClF3/c9-4-5-2-1-3-6(7(5)10)8(11)12/h1-3,8H,4H2. The topological polar surface area (TPSA) is 0 Å². The molecule has 0 radical (unpaired) electrons. The molecule has 0 heterocycles. The molecule has 0 amide bonds. The second-order valence-corrected chi connectivity index (χ2v) is 2.52. The van der Waals surface area contributed by atoms with E-state index in [4.69, 9.17) is 11.6 Å². The van der Waals surface area contributed by atoms with Crippen LogP contribution < -0.4 is 0 Å². The maximum absolute atomic E-state index is 13.0. The zero-order valence-electron chi connectivity index (χ0n) is 6.03. The first-order valence-electron chi connectivity index (χ1n) is 3.28. The summed E-state index contributed by atoms with van der Waals surface area (Å²) in [6.07, 6.45) is -2.78. The van der Waals surface area contributed by atoms with Crippen LogP contribution in [-0.2, 0) is 5.88 Å². The van der Waals surface area contributed by atoms with Gasteiger partial charge in [-0.1, -0.05) is 18.2 Å². The highest BCUT2D eigenvalue weighted by molar-refractivity contribution is 6.17. The van der Waals surface area contributed by atoms with Gasteiger partial charge in [0.25, 0.3) is 6.43 Å². The predicted molar refractivity (Wildman–Crippen MR) is 40.9 cm³/mol. The average molecular weight is 195 g/mol. The minimum Gasteiger partial charge on any atom is -0.206 e. The molecule has 0 unspecified atom stereocenters. The quantitative estimate of drug-likeness (QED) is 0.632. The third-order valence-corrected chi connectivity index (χ3v) is 1.78. The molecule has 0 saturated heterocycles. The number of halogens is 4. The van der Waals surface area contributed by atoms with E-state index in [0.29, 0.717) is 0 Å². The highest BCUT2D eigenvalue weighted by Crippen LogP contribution is 2.24. The molecule has 1 aromatic carbocycles. The molecule has 0 saturated carbocycles. The van der Waals surface area contributed by atoms with E-state index in [9.17, 15) is 13.2 Å². The molecule has 0 N–H and O–H groups in total. The van der Waals surface area contributed by atoms with Gasteiger partial charge in [-0.2, -0.15) is 0 Å². The van der Waals surface area contributed by atoms with Crippen molar-refractivity contribution in [3.63, 3.8) is 0 Å². The van der Waals surface area contributed by atoms with Crippen LogP contribution in [0.15, 0.2) is 18.2 Å². The van der Waals surface area contributed by atoms with Gasteiger partial charge in [0.1, 0.15) is 5.82 Å². The van der Waals surface area contributed by atoms with Crippen LogP contribution in [0.3, 0.4) is 0 Å². The summed E-state index contributed by atoms with van der Waals surface area (Å²) in [7, 11) is 0. The Morgan fingerprint density at radius 1 is 1.33 bits per heavy atom. The first-order chi connectivity index (χ1) is 5.66. The van der Waals surface area contributed by atoms with Crippen molar-refractivity contribution in [2.24, 2.45) is 0 Å². The summed E-state index contributed by atoms with van der Waals surface area (Å²) < 4.78 is 37.1. The molecule has 0 aromatic heterocycles. The van der Waals surface area contributed by atoms with Gasteiger partial charge in [-0.25, -0.2) is 13.2 Å². The van der Waals surface area contributed by atoms with Crippen LogP contribution >= 0.6 is 11.6 Å². The molecular weight excluding hydrogens is 189 g/mol. The lowest BCUT2D eigenvalue weighted by Crippen LogP contribution is -1.94. The highest BCUT2D eigenvalue weighted by atomic mass is 35.5. The van der Waals surface area contributed by atoms with Crippen molar-refractivity contribution in [1.82, 2.24) is 0 Å². The fourth-order valence-electron chi connectivity index (χ4n) is 0.871. The summed E-state index contributed by atoms with van der Waals surface area (Å²) in [4.78, 5) is 0. The van der Waals surface area contributed by atoms with Crippen LogP contribution in [0.4, 0.5) is 13.2 Å². The Labute approximate surface area is 73.0 Å². The molecule has 0 spiro atoms. The van der Waals surface area contributed by atoms with Gasteiger partial charge < -0.3 is 0 Å². The van der Waals surface area contributed by atoms with E-state index < -0.39 is 17.8 Å². The van der Waals surface area contributed by atoms with E-state index in [1.54, 1.807) is 0 Å². The molecule has 66 valence electrons. The summed E-state index contributed by atoms with van der Waals surface area (Å²) in [6, 6.07) is 3.80. The van der Waals surface area contributed by atoms with Crippen LogP contribution in [0.5, 0.6) is 0 Å². The number of hydrogen-bond donors (Lipinski definition) is 0. The lowest BCUT2D eigenvalue weighted by molar-refractivity contribution is 0.146. The van der Waals surface area contributed by atoms with E-state index in [1.165, 1.54) is 12.1 Å². The van der Waals surface area contributed by atoms with Gasteiger partial charge in [0.05, 0.1) is 11.4 Å². The van der Waals surface area contributed by atoms with Crippen LogP contribution in [0.2, 0.25) is 0 Å². The monoisotopic (exact) mass is 194 g/mol. The predicted octanol–water partition coefficient (Wildman–Crippen LogP) is 3.50. The van der Waals surface area contributed by atoms with Crippen LogP contribution in [0.1, 0.15) is 17.6 Å². The van der Waals surface area contributed by atoms with Gasteiger partial charge in [0.15, 0.2) is 0 Å². The Kier molecular flexibility index (Phi) is 2.98. The van der Waals surface area contributed by atoms with Crippen molar-refractivity contribution in [3.8, 4) is 0 Å². The minimum atomic E-state index is -2.78. The van der Waals surface area contributed by atoms with E-state index in [0.717, 1.165) is 6.07 Å². The molecule has 0 aliphatic rings. The van der Waals surface area contributed by atoms with Crippen molar-refractivity contribution in [3.05, 3.63) is 35.1 Å². The molecule has 1 aromatic rings. The van der Waals surface area contributed by atoms with Crippen LogP contribution in [-0.4, -0.2) is 0 Å². The van der Waals surface area contributed by atoms with Crippen molar-refractivity contribution in [2.45, 2.75) is 12.3 Å². The maximum atomic E-state index is 13.0. The summed E-state index contributed by atoms with van der Waals surface area (Å²) in [5.41, 5.74) is -0.484. The van der Waals surface area contributed by atoms with Gasteiger partial charge in [-0.15, -0.1) is 11.6 Å². The molecule has 0 aliphatic heterocycles. The summed E-state index contributed by atoms with van der Waals surface area (Å²) in [6.45, 7) is 0. The summed E-state index contributed by atoms with van der Waals surface area (Å²) in [5, 5.41) is 0. The van der Waals surface area contributed by atoms with Crippen LogP contribution in [0.25, 0.3) is 0 Å². The Balaban J connectivity index is 3.14. The summed E-state index contributed by atoms with van der Waals surface area (Å²) >= 11 is 5.32. The van der Waals surface area contributed by atoms with E-state index >= 15 is 0 Å². The molecule has 0 bridgehead atoms. The summed E-state index contributed by atoms with van der Waals surface area (Å²) in [5.74, 6) is -0.991. The van der Waals surface area contributed by atoms with E-state index in [-0.39, 0.29) is 11.4 Å². The first kappa shape index (κ1) is 9.39. The average Bonchev–Trinajstić information content (AvgIpc) is 2.04. The zero-order chi connectivity index (χ0) is 9.14. The number of rotatable bonds is 2. The lowest BCUT2D eigenvalue weighted by Gasteiger charge is -2.04. The Morgan fingerprint density at radius 2 is 2.00 bits per heavy atom. The molecule has 0 aliphatic carbocycles. The maximum Gasteiger partial charge on any atom is 0.266 e. The van der Waals surface area contributed by atoms with Crippen LogP contribution in [0, 0.1) is 5.82 Å². The second-order valence-electron chi connectivity index (χ2n) is 2.25. The Morgan fingerprint density at radius 3 is 2.50 bits per heavy atom. The minimum absolute atomic E-state index is 0.0909. The van der Waals surface area contributed by atoms with Crippen molar-refractivity contribution in [2.75, 3.05) is 0 Å². The van der Waals surface area contributed by atoms with E-state index in [2.05, 4.69) is 0 Å². The largest absolute Gasteiger partial charge is 0.266 e. The van der Waals surface area contributed by atoms with Gasteiger partial charge in [-0.3, -0.25) is 0 Å². The Bertz CT molecular complexity index is 273. The first-order valence-corrected chi connectivity index (χ1v) is 3.81. The highest BCUT2D eigenvalue weighted by Gasteiger charge is 2.14. The number of benzene rings is 1. The fourth-order valence-corrected chi connectivity index (χ4v) is 1.08. The van der Waals surface area contributed by atoms with E-state index in [1.807, 2.05) is 0 Å². The van der Waals surface area contributed by atoms with Gasteiger partial charge in [0, 0.05) is 5.56 Å². The third-order valence-electron chi connectivity index (χ3n) is 1.49. The van der Waals surface area contributed by atoms with Gasteiger partial charge in [-0.05, 0) is 0 Å². The lowest BCUT2D eigenvalue weighted by atomic mass is 10.1. The molecule has 0 fully saturated rings. The molecule has 4 heteroatoms. The zero-order valence-corrected chi connectivity index (χ0v) is 6.78. The van der Waals surface area contributed by atoms with Gasteiger partial charge in [0.2, 0.25) is 0 Å². The Hall–Kier alpha value is -0.700. The SMILES string of the molecule is Fc1c(CCl)cccc1C(F)F. The smallest absolute Gasteiger partial charge is 0.206 e. The normalized spacial score (nSPS) is 10.8. The molecule has 0 nitrogen and oxygen atoms in total. The van der Waals surface area contributed by atoms with Crippen molar-refractivity contribution in [1.29, 1.82) is 0 Å². The van der Waals surface area contributed by atoms with Crippen molar-refractivity contribution < 1.29 is 13.2 Å². The second kappa shape index (κ2) is 3.81. The number of hydrogen-bond acceptors (Lipinski definition) is 0. The van der Waals surface area contributed by atoms with Gasteiger partial charge >= 0.3 is 0 Å². The molecule has 12 heavy (non-hydrogen) atoms. The number of alkyl halides is 3. The molecule has 0 atom stereocenters. The third kappa shape index (κ3) is 1.72.